The number of hydrogen-bond donors (Lipinski definition) is 2. The van der Waals surface area contributed by atoms with Gasteiger partial charge in [0, 0.05) is 43.2 Å². The summed E-state index contributed by atoms with van der Waals surface area (Å²) < 4.78 is 5.75. The maximum Gasteiger partial charge on any atom is 0.411 e. The monoisotopic (exact) mass is 546 g/mol. The van der Waals surface area contributed by atoms with Crippen LogP contribution in [-0.4, -0.2) is 67.2 Å². The Bertz CT molecular complexity index is 1250. The lowest BCUT2D eigenvalue weighted by atomic mass is 10.0. The number of aryl methyl sites for hydroxylation is 1. The Morgan fingerprint density at radius 2 is 1.67 bits per heavy atom. The smallest absolute Gasteiger partial charge is 0.411 e. The van der Waals surface area contributed by atoms with E-state index < -0.39 is 6.09 Å². The zero-order valence-corrected chi connectivity index (χ0v) is 23.5. The van der Waals surface area contributed by atoms with Crippen molar-refractivity contribution in [3.63, 3.8) is 0 Å². The van der Waals surface area contributed by atoms with Crippen molar-refractivity contribution < 1.29 is 14.3 Å². The Kier molecular flexibility index (Phi) is 9.29. The minimum absolute atomic E-state index is 0.0239. The minimum Gasteiger partial charge on any atom is -0.446 e. The van der Waals surface area contributed by atoms with Crippen LogP contribution in [0.5, 0.6) is 0 Å². The van der Waals surface area contributed by atoms with Crippen LogP contribution in [0.3, 0.4) is 0 Å². The van der Waals surface area contributed by atoms with E-state index in [-0.39, 0.29) is 12.0 Å². The lowest BCUT2D eigenvalue weighted by Gasteiger charge is -2.31. The first-order valence-corrected chi connectivity index (χ1v) is 14.8. The van der Waals surface area contributed by atoms with Crippen molar-refractivity contribution in [1.29, 1.82) is 0 Å². The number of anilines is 1. The van der Waals surface area contributed by atoms with Gasteiger partial charge in [0.2, 0.25) is 0 Å². The molecule has 3 heterocycles. The van der Waals surface area contributed by atoms with Crippen LogP contribution in [0.25, 0.3) is 11.1 Å². The molecule has 2 aliphatic rings. The van der Waals surface area contributed by atoms with Crippen molar-refractivity contribution in [3.8, 4) is 11.1 Å². The molecule has 0 bridgehead atoms. The summed E-state index contributed by atoms with van der Waals surface area (Å²) in [5.41, 5.74) is 3.82. The van der Waals surface area contributed by atoms with Crippen molar-refractivity contribution in [2.24, 2.45) is 0 Å². The third-order valence-corrected chi connectivity index (χ3v) is 8.74. The summed E-state index contributed by atoms with van der Waals surface area (Å²) in [6, 6.07) is 19.9. The van der Waals surface area contributed by atoms with Crippen LogP contribution < -0.4 is 10.6 Å². The Hall–Kier alpha value is -3.20. The lowest BCUT2D eigenvalue weighted by Crippen LogP contribution is -2.42. The first-order chi connectivity index (χ1) is 19.0. The molecule has 2 fully saturated rings. The molecule has 1 aromatic heterocycles. The molecular weight excluding hydrogens is 508 g/mol. The Morgan fingerprint density at radius 1 is 0.949 bits per heavy atom. The molecular formula is C31H38N4O3S. The summed E-state index contributed by atoms with van der Waals surface area (Å²) in [6.45, 7) is 8.38. The molecule has 0 radical (unpaired) electrons. The van der Waals surface area contributed by atoms with Crippen molar-refractivity contribution in [3.05, 3.63) is 76.0 Å². The number of amides is 2. The first kappa shape index (κ1) is 27.4. The summed E-state index contributed by atoms with van der Waals surface area (Å²) in [4.78, 5) is 32.3. The van der Waals surface area contributed by atoms with Gasteiger partial charge in [-0.15, -0.1) is 11.3 Å². The highest BCUT2D eigenvalue weighted by molar-refractivity contribution is 7.14. The van der Waals surface area contributed by atoms with E-state index in [1.807, 2.05) is 61.5 Å². The van der Waals surface area contributed by atoms with Gasteiger partial charge in [0.1, 0.15) is 6.10 Å². The number of ether oxygens (including phenoxy) is 1. The quantitative estimate of drug-likeness (QED) is 0.357. The summed E-state index contributed by atoms with van der Waals surface area (Å²) in [6.07, 6.45) is 3.59. The Morgan fingerprint density at radius 3 is 2.44 bits per heavy atom. The Balaban J connectivity index is 1.02. The third kappa shape index (κ3) is 7.47. The van der Waals surface area contributed by atoms with Gasteiger partial charge in [0.15, 0.2) is 0 Å². The first-order valence-electron chi connectivity index (χ1n) is 14.0. The standard InChI is InChI=1S/C31H38N4O3S/c1-23-21-26(22-35-16-7-8-17-35)39-29(23)30(36)32-15-20-34-18-13-25(14-19-34)38-31(37)33-28-12-6-5-11-27(28)24-9-3-2-4-10-24/h2-6,9-12,21,25H,7-8,13-20,22H2,1H3,(H,32,36)(H,33,37). The molecule has 3 aromatic rings. The number of para-hydroxylation sites is 1. The molecule has 0 aliphatic carbocycles. The fourth-order valence-electron chi connectivity index (χ4n) is 5.42. The zero-order valence-electron chi connectivity index (χ0n) is 22.7. The molecule has 5 rings (SSSR count). The fourth-order valence-corrected chi connectivity index (χ4v) is 6.55. The molecule has 206 valence electrons. The molecule has 2 saturated heterocycles. The van der Waals surface area contributed by atoms with Crippen molar-refractivity contribution >= 4 is 29.0 Å². The number of likely N-dealkylation sites (tertiary alicyclic amines) is 2. The molecule has 2 amide bonds. The topological polar surface area (TPSA) is 73.9 Å². The van der Waals surface area contributed by atoms with Gasteiger partial charge in [0.05, 0.1) is 10.6 Å². The summed E-state index contributed by atoms with van der Waals surface area (Å²) in [7, 11) is 0. The third-order valence-electron chi connectivity index (χ3n) is 7.52. The van der Waals surface area contributed by atoms with Gasteiger partial charge in [-0.25, -0.2) is 4.79 Å². The van der Waals surface area contributed by atoms with Crippen LogP contribution in [-0.2, 0) is 11.3 Å². The van der Waals surface area contributed by atoms with E-state index in [1.54, 1.807) is 11.3 Å². The van der Waals surface area contributed by atoms with E-state index in [1.165, 1.54) is 17.7 Å². The number of benzene rings is 2. The van der Waals surface area contributed by atoms with E-state index in [0.717, 1.165) is 79.4 Å². The molecule has 2 aromatic carbocycles. The number of hydrogen-bond acceptors (Lipinski definition) is 6. The number of rotatable bonds is 9. The molecule has 2 N–H and O–H groups in total. The number of carbonyl (C=O) groups is 2. The van der Waals surface area contributed by atoms with Gasteiger partial charge in [-0.3, -0.25) is 15.0 Å². The van der Waals surface area contributed by atoms with Crippen molar-refractivity contribution in [2.45, 2.75) is 45.3 Å². The Labute approximate surface area is 235 Å². The average molecular weight is 547 g/mol. The van der Waals surface area contributed by atoms with Gasteiger partial charge in [-0.2, -0.15) is 0 Å². The van der Waals surface area contributed by atoms with Crippen molar-refractivity contribution in [1.82, 2.24) is 15.1 Å². The highest BCUT2D eigenvalue weighted by Gasteiger charge is 2.23. The largest absolute Gasteiger partial charge is 0.446 e. The van der Waals surface area contributed by atoms with Gasteiger partial charge in [-0.05, 0) is 69.0 Å². The summed E-state index contributed by atoms with van der Waals surface area (Å²) in [5, 5.41) is 6.04. The number of thiophene rings is 1. The summed E-state index contributed by atoms with van der Waals surface area (Å²) in [5.74, 6) is 0.0239. The van der Waals surface area contributed by atoms with Gasteiger partial charge in [0.25, 0.3) is 5.91 Å². The maximum absolute atomic E-state index is 12.8. The number of piperidine rings is 1. The van der Waals surface area contributed by atoms with Crippen LogP contribution in [0.4, 0.5) is 10.5 Å². The van der Waals surface area contributed by atoms with E-state index in [9.17, 15) is 9.59 Å². The second kappa shape index (κ2) is 13.2. The van der Waals surface area contributed by atoms with Crippen LogP contribution in [0.15, 0.2) is 60.7 Å². The van der Waals surface area contributed by atoms with E-state index >= 15 is 0 Å². The van der Waals surface area contributed by atoms with Gasteiger partial charge in [-0.1, -0.05) is 48.5 Å². The molecule has 0 spiro atoms. The predicted molar refractivity (Wildman–Crippen MR) is 157 cm³/mol. The molecule has 7 nitrogen and oxygen atoms in total. The summed E-state index contributed by atoms with van der Waals surface area (Å²) >= 11 is 1.62. The number of carbonyl (C=O) groups excluding carboxylic acids is 2. The maximum atomic E-state index is 12.8. The lowest BCUT2D eigenvalue weighted by molar-refractivity contribution is 0.0587. The molecule has 0 unspecified atom stereocenters. The molecule has 0 saturated carbocycles. The SMILES string of the molecule is Cc1cc(CN2CCCC2)sc1C(=O)NCCN1CCC(OC(=O)Nc2ccccc2-c2ccccc2)CC1. The van der Waals surface area contributed by atoms with Crippen LogP contribution in [0, 0.1) is 6.92 Å². The minimum atomic E-state index is -0.417. The van der Waals surface area contributed by atoms with Crippen LogP contribution >= 0.6 is 11.3 Å². The fraction of sp³-hybridized carbons (Fsp3) is 0.419. The zero-order chi connectivity index (χ0) is 27.0. The number of nitrogens with zero attached hydrogens (tertiary/aromatic N) is 2. The van der Waals surface area contributed by atoms with E-state index in [0.29, 0.717) is 6.54 Å². The molecule has 2 aliphatic heterocycles. The second-order valence-electron chi connectivity index (χ2n) is 10.4. The highest BCUT2D eigenvalue weighted by atomic mass is 32.1. The van der Waals surface area contributed by atoms with E-state index in [2.05, 4.69) is 26.5 Å². The predicted octanol–water partition coefficient (Wildman–Crippen LogP) is 5.76. The molecule has 39 heavy (non-hydrogen) atoms. The highest BCUT2D eigenvalue weighted by Crippen LogP contribution is 2.28. The normalized spacial score (nSPS) is 16.7. The molecule has 8 heteroatoms. The van der Waals surface area contributed by atoms with E-state index in [4.69, 9.17) is 4.74 Å². The average Bonchev–Trinajstić information content (AvgIpc) is 3.60. The van der Waals surface area contributed by atoms with Gasteiger partial charge < -0.3 is 15.0 Å². The van der Waals surface area contributed by atoms with Crippen molar-refractivity contribution in [2.75, 3.05) is 44.6 Å². The van der Waals surface area contributed by atoms with Crippen LogP contribution in [0.1, 0.15) is 45.8 Å². The molecule has 0 atom stereocenters. The number of nitrogens with one attached hydrogen (secondary N) is 2. The van der Waals surface area contributed by atoms with Crippen LogP contribution in [0.2, 0.25) is 0 Å². The van der Waals surface area contributed by atoms with Gasteiger partial charge >= 0.3 is 6.09 Å². The second-order valence-corrected chi connectivity index (χ2v) is 11.6.